The van der Waals surface area contributed by atoms with Crippen LogP contribution in [-0.4, -0.2) is 37.3 Å². The van der Waals surface area contributed by atoms with Gasteiger partial charge in [0, 0.05) is 5.56 Å². The minimum Gasteiger partial charge on any atom is -0.493 e. The standard InChI is InChI=1S/C19H16F3N3O4/c1-24-7-18(8-28-9-18)10-29-12-4-2-11(3-5-12)13-6-14(16(23)26)17(27)25-15(13)19(20,21)22/h2-6H,7-10H2,(H2,23,26)(H,25,27). The number of halogens is 3. The molecule has 7 nitrogen and oxygen atoms in total. The number of aromatic nitrogens is 1. The Labute approximate surface area is 163 Å². The molecular formula is C19H16F3N3O4. The summed E-state index contributed by atoms with van der Waals surface area (Å²) in [6, 6.07) is 6.52. The predicted octanol–water partition coefficient (Wildman–Crippen LogP) is 2.47. The van der Waals surface area contributed by atoms with Crippen molar-refractivity contribution in [3.63, 3.8) is 0 Å². The maximum Gasteiger partial charge on any atom is 0.431 e. The van der Waals surface area contributed by atoms with Gasteiger partial charge in [-0.25, -0.2) is 6.57 Å². The molecule has 10 heteroatoms. The number of primary amides is 1. The smallest absolute Gasteiger partial charge is 0.431 e. The van der Waals surface area contributed by atoms with E-state index in [0.717, 1.165) is 6.07 Å². The number of carbonyl (C=O) groups excluding carboxylic acids is 1. The van der Waals surface area contributed by atoms with E-state index < -0.39 is 28.9 Å². The summed E-state index contributed by atoms with van der Waals surface area (Å²) >= 11 is 0. The van der Waals surface area contributed by atoms with Crippen LogP contribution in [0, 0.1) is 12.0 Å². The first-order valence-corrected chi connectivity index (χ1v) is 8.44. The van der Waals surface area contributed by atoms with Gasteiger partial charge in [0.15, 0.2) is 0 Å². The minimum atomic E-state index is -4.84. The molecule has 1 aromatic carbocycles. The number of nitrogens with one attached hydrogen (secondary N) is 1. The topological polar surface area (TPSA) is 98.8 Å². The average Bonchev–Trinajstić information content (AvgIpc) is 2.63. The molecule has 29 heavy (non-hydrogen) atoms. The largest absolute Gasteiger partial charge is 0.493 e. The summed E-state index contributed by atoms with van der Waals surface area (Å²) in [5.74, 6) is -0.730. The summed E-state index contributed by atoms with van der Waals surface area (Å²) in [5.41, 5.74) is 1.39. The highest BCUT2D eigenvalue weighted by Crippen LogP contribution is 2.36. The summed E-state index contributed by atoms with van der Waals surface area (Å²) in [4.78, 5) is 28.2. The third-order valence-electron chi connectivity index (χ3n) is 4.53. The summed E-state index contributed by atoms with van der Waals surface area (Å²) in [6.45, 7) is 8.32. The molecule has 2 aromatic rings. The lowest BCUT2D eigenvalue weighted by Gasteiger charge is -2.36. The highest BCUT2D eigenvalue weighted by Gasteiger charge is 2.43. The normalized spacial score (nSPS) is 15.2. The Morgan fingerprint density at radius 1 is 1.31 bits per heavy atom. The van der Waals surface area contributed by atoms with Crippen molar-refractivity contribution in [2.24, 2.45) is 11.1 Å². The van der Waals surface area contributed by atoms with E-state index in [2.05, 4.69) is 4.85 Å². The fourth-order valence-corrected chi connectivity index (χ4v) is 2.91. The number of hydrogen-bond donors (Lipinski definition) is 2. The van der Waals surface area contributed by atoms with Crippen LogP contribution in [0.3, 0.4) is 0 Å². The van der Waals surface area contributed by atoms with Crippen molar-refractivity contribution in [1.82, 2.24) is 4.98 Å². The number of carbonyl (C=O) groups is 1. The fourth-order valence-electron chi connectivity index (χ4n) is 2.91. The molecule has 1 aliphatic heterocycles. The van der Waals surface area contributed by atoms with E-state index in [4.69, 9.17) is 21.8 Å². The molecule has 3 N–H and O–H groups in total. The van der Waals surface area contributed by atoms with Gasteiger partial charge in [0.25, 0.3) is 11.5 Å². The van der Waals surface area contributed by atoms with Crippen LogP contribution < -0.4 is 16.0 Å². The Morgan fingerprint density at radius 3 is 2.45 bits per heavy atom. The van der Waals surface area contributed by atoms with Gasteiger partial charge in [0.2, 0.25) is 6.54 Å². The Balaban J connectivity index is 1.89. The maximum atomic E-state index is 13.3. The molecule has 3 rings (SSSR count). The molecule has 2 heterocycles. The summed E-state index contributed by atoms with van der Waals surface area (Å²) in [7, 11) is 0. The average molecular weight is 407 g/mol. The first kappa shape index (κ1) is 20.4. The predicted molar refractivity (Wildman–Crippen MR) is 96.2 cm³/mol. The zero-order valence-electron chi connectivity index (χ0n) is 15.0. The Kier molecular flexibility index (Phi) is 5.35. The number of aromatic amines is 1. The van der Waals surface area contributed by atoms with Crippen LogP contribution >= 0.6 is 0 Å². The fraction of sp³-hybridized carbons (Fsp3) is 0.316. The van der Waals surface area contributed by atoms with Gasteiger partial charge < -0.3 is 25.0 Å². The SMILES string of the molecule is [C-]#[N+]CC1(COc2ccc(-c3cc(C(N)=O)c(=O)[nH]c3C(F)(F)F)cc2)COC1. The third kappa shape index (κ3) is 4.25. The third-order valence-corrected chi connectivity index (χ3v) is 4.53. The maximum absolute atomic E-state index is 13.3. The summed E-state index contributed by atoms with van der Waals surface area (Å²) in [6.07, 6.45) is -4.84. The number of nitrogens with zero attached hydrogens (tertiary/aromatic N) is 1. The minimum absolute atomic E-state index is 0.117. The van der Waals surface area contributed by atoms with E-state index in [0.29, 0.717) is 19.0 Å². The van der Waals surface area contributed by atoms with E-state index in [9.17, 15) is 22.8 Å². The number of amides is 1. The van der Waals surface area contributed by atoms with Gasteiger partial charge in [-0.15, -0.1) is 0 Å². The molecular weight excluding hydrogens is 391 g/mol. The monoisotopic (exact) mass is 407 g/mol. The zero-order valence-corrected chi connectivity index (χ0v) is 15.0. The van der Waals surface area contributed by atoms with E-state index in [1.165, 1.54) is 24.3 Å². The van der Waals surface area contributed by atoms with Gasteiger partial charge in [-0.1, -0.05) is 12.1 Å². The van der Waals surface area contributed by atoms with E-state index >= 15 is 0 Å². The van der Waals surface area contributed by atoms with E-state index in [1.54, 1.807) is 4.98 Å². The van der Waals surface area contributed by atoms with Crippen LogP contribution in [0.25, 0.3) is 16.0 Å². The van der Waals surface area contributed by atoms with Gasteiger partial charge in [0.1, 0.15) is 29.0 Å². The van der Waals surface area contributed by atoms with Crippen LogP contribution in [-0.2, 0) is 10.9 Å². The molecule has 1 saturated heterocycles. The number of hydrogen-bond acceptors (Lipinski definition) is 4. The Bertz CT molecular complexity index is 1020. The van der Waals surface area contributed by atoms with Crippen molar-refractivity contribution in [1.29, 1.82) is 0 Å². The van der Waals surface area contributed by atoms with Crippen LogP contribution in [0.5, 0.6) is 5.75 Å². The Hall–Kier alpha value is -3.32. The number of ether oxygens (including phenoxy) is 2. The van der Waals surface area contributed by atoms with Crippen LogP contribution in [0.2, 0.25) is 0 Å². The van der Waals surface area contributed by atoms with Crippen molar-refractivity contribution in [3.05, 3.63) is 63.4 Å². The van der Waals surface area contributed by atoms with E-state index in [1.807, 2.05) is 0 Å². The molecule has 0 aliphatic carbocycles. The zero-order chi connectivity index (χ0) is 21.2. The number of H-pyrrole nitrogens is 1. The van der Waals surface area contributed by atoms with Crippen LogP contribution in [0.4, 0.5) is 13.2 Å². The van der Waals surface area contributed by atoms with Crippen molar-refractivity contribution in [2.45, 2.75) is 6.18 Å². The molecule has 1 aromatic heterocycles. The molecule has 0 bridgehead atoms. The number of nitrogens with two attached hydrogens (primary N) is 1. The van der Waals surface area contributed by atoms with Gasteiger partial charge in [-0.3, -0.25) is 9.59 Å². The van der Waals surface area contributed by atoms with Crippen LogP contribution in [0.1, 0.15) is 16.1 Å². The van der Waals surface area contributed by atoms with Gasteiger partial charge in [-0.2, -0.15) is 13.2 Å². The van der Waals surface area contributed by atoms with Gasteiger partial charge >= 0.3 is 6.18 Å². The number of rotatable bonds is 6. The highest BCUT2D eigenvalue weighted by atomic mass is 19.4. The molecule has 152 valence electrons. The lowest BCUT2D eigenvalue weighted by Crippen LogP contribution is -2.49. The number of alkyl halides is 3. The van der Waals surface area contributed by atoms with Gasteiger partial charge in [-0.05, 0) is 23.8 Å². The lowest BCUT2D eigenvalue weighted by molar-refractivity contribution is -0.140. The molecule has 0 unspecified atom stereocenters. The second kappa shape index (κ2) is 7.60. The van der Waals surface area contributed by atoms with Gasteiger partial charge in [0.05, 0.1) is 13.2 Å². The van der Waals surface area contributed by atoms with Crippen LogP contribution in [0.15, 0.2) is 35.1 Å². The second-order valence-corrected chi connectivity index (χ2v) is 6.78. The number of pyridine rings is 1. The van der Waals surface area contributed by atoms with Crippen molar-refractivity contribution in [2.75, 3.05) is 26.4 Å². The van der Waals surface area contributed by atoms with Crippen molar-refractivity contribution < 1.29 is 27.4 Å². The lowest BCUT2D eigenvalue weighted by atomic mass is 9.87. The molecule has 0 atom stereocenters. The molecule has 1 fully saturated rings. The molecule has 1 aliphatic rings. The van der Waals surface area contributed by atoms with E-state index in [-0.39, 0.29) is 29.7 Å². The highest BCUT2D eigenvalue weighted by molar-refractivity contribution is 5.94. The summed E-state index contributed by atoms with van der Waals surface area (Å²) < 4.78 is 50.8. The summed E-state index contributed by atoms with van der Waals surface area (Å²) in [5, 5.41) is 0. The second-order valence-electron chi connectivity index (χ2n) is 6.78. The Morgan fingerprint density at radius 2 is 1.97 bits per heavy atom. The first-order valence-electron chi connectivity index (χ1n) is 8.44. The first-order chi connectivity index (χ1) is 13.6. The molecule has 0 saturated carbocycles. The molecule has 0 radical (unpaired) electrons. The van der Waals surface area contributed by atoms with Crippen molar-refractivity contribution >= 4 is 5.91 Å². The van der Waals surface area contributed by atoms with Crippen molar-refractivity contribution in [3.8, 4) is 16.9 Å². The quantitative estimate of drug-likeness (QED) is 0.719. The molecule has 0 spiro atoms. The molecule has 1 amide bonds. The number of benzene rings is 1.